The van der Waals surface area contributed by atoms with E-state index in [2.05, 4.69) is 21.2 Å². The molecule has 0 aromatic heterocycles. The fourth-order valence-corrected chi connectivity index (χ4v) is 5.11. The number of Topliss-reactive ketones (excluding diaryl/α,β-unsaturated/α-hetero) is 2. The third-order valence-corrected chi connectivity index (χ3v) is 7.69. The molecule has 0 aromatic carbocycles. The molecule has 1 aliphatic rings. The van der Waals surface area contributed by atoms with Crippen molar-refractivity contribution in [2.24, 2.45) is 0 Å². The maximum absolute atomic E-state index is 13.6. The highest BCUT2D eigenvalue weighted by molar-refractivity contribution is 8.18. The minimum absolute atomic E-state index is 0.0384. The number of hydrogen-bond donors (Lipinski definition) is 4. The lowest BCUT2D eigenvalue weighted by molar-refractivity contribution is -0.119. The smallest absolute Gasteiger partial charge is 0.300 e. The first-order valence-corrected chi connectivity index (χ1v) is 13.2. The van der Waals surface area contributed by atoms with Gasteiger partial charge in [0.1, 0.15) is 11.6 Å². The molecule has 0 radical (unpaired) electrons. The SMILES string of the molecule is CCC(=O)CCN(CCC(=O)CC)P1(=O)NNC(=O)/C=C/SCS/C=C/C(=O)NN1. The molecule has 0 atom stereocenters. The van der Waals surface area contributed by atoms with E-state index in [4.69, 9.17) is 0 Å². The molecule has 13 heteroatoms. The van der Waals surface area contributed by atoms with Crippen LogP contribution in [0.25, 0.3) is 0 Å². The first kappa shape index (κ1) is 26.6. The molecule has 30 heavy (non-hydrogen) atoms. The van der Waals surface area contributed by atoms with Crippen LogP contribution in [0.4, 0.5) is 0 Å². The first-order valence-electron chi connectivity index (χ1n) is 9.40. The quantitative estimate of drug-likeness (QED) is 0.364. The lowest BCUT2D eigenvalue weighted by Gasteiger charge is -2.32. The summed E-state index contributed by atoms with van der Waals surface area (Å²) in [6.45, 7) is 3.60. The van der Waals surface area contributed by atoms with E-state index in [1.165, 1.54) is 40.3 Å². The number of nitrogens with one attached hydrogen (secondary N) is 4. The van der Waals surface area contributed by atoms with Gasteiger partial charge in [0.05, 0.1) is 0 Å². The number of hydrazine groups is 2. The number of nitrogens with zero attached hydrogens (tertiary/aromatic N) is 1. The van der Waals surface area contributed by atoms with Crippen LogP contribution in [0.1, 0.15) is 39.5 Å². The second-order valence-corrected chi connectivity index (χ2v) is 10.4. The number of rotatable bonds is 9. The minimum Gasteiger partial charge on any atom is -0.300 e. The van der Waals surface area contributed by atoms with Crippen molar-refractivity contribution in [1.82, 2.24) is 25.9 Å². The summed E-state index contributed by atoms with van der Waals surface area (Å²) in [5.41, 5.74) is 4.65. The Hall–Kier alpha value is -1.43. The molecule has 4 N–H and O–H groups in total. The zero-order valence-electron chi connectivity index (χ0n) is 17.0. The fraction of sp³-hybridized carbons (Fsp3) is 0.529. The highest BCUT2D eigenvalue weighted by atomic mass is 32.2. The molecule has 0 fully saturated rings. The van der Waals surface area contributed by atoms with Crippen LogP contribution in [0, 0.1) is 0 Å². The van der Waals surface area contributed by atoms with Crippen molar-refractivity contribution >= 4 is 54.5 Å². The van der Waals surface area contributed by atoms with Crippen molar-refractivity contribution in [2.45, 2.75) is 39.5 Å². The van der Waals surface area contributed by atoms with Gasteiger partial charge in [-0.25, -0.2) is 4.67 Å². The summed E-state index contributed by atoms with van der Waals surface area (Å²) >= 11 is 2.72. The standard InChI is InChI=1S/C17H28N5O5PS2/c1-3-14(23)5-9-22(10-6-15(24)4-2)28(27)20-18-16(25)7-11-29-13-30-12-8-17(26)19-21-28/h7-8,11-12H,3-6,9-10,13H2,1-2H3,(H,18,25)(H,19,26)(H2,20,21,27)/b11-7+,12-8+. The van der Waals surface area contributed by atoms with Crippen LogP contribution in [0.15, 0.2) is 23.0 Å². The van der Waals surface area contributed by atoms with E-state index in [9.17, 15) is 23.7 Å². The van der Waals surface area contributed by atoms with Crippen molar-refractivity contribution in [3.05, 3.63) is 23.0 Å². The molecule has 0 aliphatic carbocycles. The molecule has 1 heterocycles. The predicted molar refractivity (Wildman–Crippen MR) is 120 cm³/mol. The largest absolute Gasteiger partial charge is 0.316 e. The summed E-state index contributed by atoms with van der Waals surface area (Å²) < 4.78 is 15.0. The molecule has 10 nitrogen and oxygen atoms in total. The summed E-state index contributed by atoms with van der Waals surface area (Å²) in [6, 6.07) is 0. The molecule has 2 amide bonds. The van der Waals surface area contributed by atoms with Gasteiger partial charge in [-0.2, -0.15) is 10.4 Å². The Morgan fingerprint density at radius 2 is 1.37 bits per heavy atom. The molecule has 1 rings (SSSR count). The van der Waals surface area contributed by atoms with Crippen LogP contribution >= 0.6 is 31.1 Å². The van der Waals surface area contributed by atoms with Gasteiger partial charge < -0.3 is 0 Å². The van der Waals surface area contributed by atoms with E-state index in [0.717, 1.165) is 0 Å². The van der Waals surface area contributed by atoms with E-state index >= 15 is 0 Å². The van der Waals surface area contributed by atoms with Crippen molar-refractivity contribution in [2.75, 3.05) is 18.2 Å². The van der Waals surface area contributed by atoms with E-state index in [-0.39, 0.29) is 37.5 Å². The second kappa shape index (κ2) is 14.6. The molecule has 0 aromatic rings. The maximum Gasteiger partial charge on any atom is 0.316 e. The number of ketones is 2. The van der Waals surface area contributed by atoms with Gasteiger partial charge in [-0.1, -0.05) is 13.8 Å². The molecule has 1 aliphatic heterocycles. The number of thioether (sulfide) groups is 2. The molecule has 0 spiro atoms. The summed E-state index contributed by atoms with van der Waals surface area (Å²) in [5.74, 6) is -1.16. The van der Waals surface area contributed by atoms with Crippen LogP contribution < -0.4 is 21.2 Å². The van der Waals surface area contributed by atoms with E-state index in [1.807, 2.05) is 0 Å². The average Bonchev–Trinajstić information content (AvgIpc) is 2.74. The molecule has 0 saturated heterocycles. The zero-order chi connectivity index (χ0) is 22.4. The highest BCUT2D eigenvalue weighted by Crippen LogP contribution is 2.39. The van der Waals surface area contributed by atoms with E-state index < -0.39 is 19.4 Å². The third kappa shape index (κ3) is 10.6. The molecule has 0 bridgehead atoms. The number of hydrogen-bond acceptors (Lipinski definition) is 7. The highest BCUT2D eigenvalue weighted by Gasteiger charge is 2.32. The number of carbonyl (C=O) groups is 4. The molecule has 0 unspecified atom stereocenters. The average molecular weight is 478 g/mol. The normalized spacial score (nSPS) is 20.0. The topological polar surface area (TPSA) is 137 Å². The molecule has 168 valence electrons. The number of carbonyl (C=O) groups excluding carboxylic acids is 4. The first-order chi connectivity index (χ1) is 14.3. The Morgan fingerprint density at radius 3 is 1.77 bits per heavy atom. The third-order valence-electron chi connectivity index (χ3n) is 3.91. The van der Waals surface area contributed by atoms with Crippen molar-refractivity contribution < 1.29 is 23.7 Å². The van der Waals surface area contributed by atoms with Crippen LogP contribution in [0.2, 0.25) is 0 Å². The van der Waals surface area contributed by atoms with E-state index in [0.29, 0.717) is 17.9 Å². The Labute approximate surface area is 184 Å². The zero-order valence-corrected chi connectivity index (χ0v) is 19.5. The predicted octanol–water partition coefficient (Wildman–Crippen LogP) is 1.84. The van der Waals surface area contributed by atoms with Gasteiger partial charge >= 0.3 is 7.59 Å². The van der Waals surface area contributed by atoms with Crippen LogP contribution in [0.5, 0.6) is 0 Å². The van der Waals surface area contributed by atoms with Crippen LogP contribution in [0.3, 0.4) is 0 Å². The van der Waals surface area contributed by atoms with Crippen LogP contribution in [-0.2, 0) is 23.7 Å². The summed E-state index contributed by atoms with van der Waals surface area (Å²) in [7, 11) is -3.82. The van der Waals surface area contributed by atoms with Gasteiger partial charge in [0.2, 0.25) is 0 Å². The Morgan fingerprint density at radius 1 is 0.933 bits per heavy atom. The van der Waals surface area contributed by atoms with Crippen molar-refractivity contribution in [3.8, 4) is 0 Å². The lowest BCUT2D eigenvalue weighted by Crippen LogP contribution is -2.49. The minimum atomic E-state index is -3.82. The van der Waals surface area contributed by atoms with Gasteiger partial charge in [0, 0.05) is 56.0 Å². The van der Waals surface area contributed by atoms with Crippen LogP contribution in [-0.4, -0.2) is 46.2 Å². The monoisotopic (exact) mass is 477 g/mol. The Balaban J connectivity index is 3.07. The van der Waals surface area contributed by atoms with Gasteiger partial charge in [-0.15, -0.1) is 23.5 Å². The lowest BCUT2D eigenvalue weighted by atomic mass is 10.2. The molecular weight excluding hydrogens is 449 g/mol. The molecular formula is C17H28N5O5PS2. The van der Waals surface area contributed by atoms with Gasteiger partial charge in [0.15, 0.2) is 0 Å². The van der Waals surface area contributed by atoms with Gasteiger partial charge in [-0.3, -0.25) is 34.6 Å². The number of amides is 2. The summed E-state index contributed by atoms with van der Waals surface area (Å²) in [5, 5.41) is 8.67. The van der Waals surface area contributed by atoms with Crippen molar-refractivity contribution in [1.29, 1.82) is 0 Å². The second-order valence-electron chi connectivity index (χ2n) is 6.07. The van der Waals surface area contributed by atoms with Crippen molar-refractivity contribution in [3.63, 3.8) is 0 Å². The molecule has 0 saturated carbocycles. The van der Waals surface area contributed by atoms with E-state index in [1.54, 1.807) is 24.7 Å². The van der Waals surface area contributed by atoms with Gasteiger partial charge in [0.25, 0.3) is 11.8 Å². The fourth-order valence-electron chi connectivity index (χ4n) is 2.11. The summed E-state index contributed by atoms with van der Waals surface area (Å²) in [6.07, 6.45) is 3.43. The van der Waals surface area contributed by atoms with Gasteiger partial charge in [-0.05, 0) is 10.8 Å². The Bertz CT molecular complexity index is 677. The maximum atomic E-state index is 13.6. The Kier molecular flexibility index (Phi) is 12.9. The summed E-state index contributed by atoms with van der Waals surface area (Å²) in [4.78, 5) is 47.6.